The normalized spacial score (nSPS) is 20.0. The van der Waals surface area contributed by atoms with Crippen LogP contribution < -0.4 is 0 Å². The fraction of sp³-hybridized carbons (Fsp3) is 0.226. The number of nitriles is 3. The predicted molar refractivity (Wildman–Crippen MR) is 193 cm³/mol. The van der Waals surface area contributed by atoms with Crippen LogP contribution in [0.5, 0.6) is 0 Å². The minimum atomic E-state index is -0.485. The highest BCUT2D eigenvalue weighted by Gasteiger charge is 2.41. The van der Waals surface area contributed by atoms with Crippen LogP contribution in [-0.4, -0.2) is 44.8 Å². The van der Waals surface area contributed by atoms with Crippen LogP contribution >= 0.6 is 68.9 Å². The second-order valence-corrected chi connectivity index (χ2v) is 16.8. The van der Waals surface area contributed by atoms with E-state index in [1.54, 1.807) is 47.9 Å². The van der Waals surface area contributed by atoms with E-state index >= 15 is 0 Å². The standard InChI is InChI=1S/C31H18N8O2S6/c1-6-38-27(40)25(46-29(38)13(10-32)11-33)36-17-8-15-19(31(17,3)4)21-23(42-15)24-22(45-21)20-16(43-24)9-18(44-20)37-26-28(41)39(7-2)30(47-26)14(12-34)35-5/h8-9H,6-7H2,1-4H3/b30-14-,36-25?,37-26?. The van der Waals surface area contributed by atoms with Crippen LogP contribution in [0.15, 0.2) is 43.1 Å². The van der Waals surface area contributed by atoms with Crippen molar-refractivity contribution < 1.29 is 9.59 Å². The molecule has 2 saturated heterocycles. The molecule has 10 nitrogen and oxygen atoms in total. The molecule has 2 aliphatic heterocycles. The van der Waals surface area contributed by atoms with Crippen molar-refractivity contribution in [2.75, 3.05) is 13.1 Å². The Balaban J connectivity index is 1.25. The zero-order chi connectivity index (χ0) is 33.4. The Kier molecular flexibility index (Phi) is 7.64. The second kappa shape index (κ2) is 11.5. The maximum Gasteiger partial charge on any atom is 0.291 e. The van der Waals surface area contributed by atoms with Crippen LogP contribution in [0.1, 0.15) is 38.1 Å². The highest BCUT2D eigenvalue weighted by atomic mass is 32.2. The lowest BCUT2D eigenvalue weighted by Crippen LogP contribution is -2.27. The van der Waals surface area contributed by atoms with Gasteiger partial charge in [-0.15, -0.1) is 45.3 Å². The number of rotatable bonds is 4. The third kappa shape index (κ3) is 4.60. The number of allylic oxidation sites excluding steroid dienone is 3. The zero-order valence-corrected chi connectivity index (χ0v) is 29.8. The van der Waals surface area contributed by atoms with E-state index in [0.29, 0.717) is 28.1 Å². The Labute approximate surface area is 292 Å². The first-order valence-corrected chi connectivity index (χ1v) is 18.9. The molecule has 16 heteroatoms. The van der Waals surface area contributed by atoms with Gasteiger partial charge in [0.1, 0.15) is 27.2 Å². The molecular formula is C31H18N8O2S6. The SMILES string of the molecule is [C-]#[N+]/C(C#N)=C1\SC(=Nc2cc3sc4c5sc6c(c5sc4c3s2)C(C)(C)C(N=C2SC(=C(C#N)C#N)N(CC)C2=O)=C6)C(=O)N1CC. The molecule has 2 fully saturated rings. The van der Waals surface area contributed by atoms with E-state index in [0.717, 1.165) is 48.2 Å². The summed E-state index contributed by atoms with van der Waals surface area (Å²) < 4.78 is 6.96. The summed E-state index contributed by atoms with van der Waals surface area (Å²) in [6, 6.07) is 7.65. The molecule has 230 valence electrons. The molecule has 0 atom stereocenters. The number of carbonyl (C=O) groups is 2. The molecule has 4 aromatic rings. The summed E-state index contributed by atoms with van der Waals surface area (Å²) in [5, 5.41) is 30.0. The number of thioether (sulfide) groups is 2. The molecule has 0 spiro atoms. The molecule has 2 amide bonds. The van der Waals surface area contributed by atoms with E-state index in [2.05, 4.69) is 23.7 Å². The quantitative estimate of drug-likeness (QED) is 0.152. The second-order valence-electron chi connectivity index (χ2n) is 10.7. The molecule has 0 N–H and O–H groups in total. The van der Waals surface area contributed by atoms with Crippen LogP contribution in [0.2, 0.25) is 0 Å². The van der Waals surface area contributed by atoms with Gasteiger partial charge in [-0.05, 0) is 43.3 Å². The van der Waals surface area contributed by atoms with Crippen molar-refractivity contribution >= 4 is 130 Å². The van der Waals surface area contributed by atoms with Gasteiger partial charge in [-0.2, -0.15) is 10.5 Å². The third-order valence-electron chi connectivity index (χ3n) is 7.80. The molecule has 0 unspecified atom stereocenters. The summed E-state index contributed by atoms with van der Waals surface area (Å²) in [6.07, 6.45) is 2.04. The fourth-order valence-electron chi connectivity index (χ4n) is 5.56. The molecular weight excluding hydrogens is 709 g/mol. The molecule has 0 saturated carbocycles. The summed E-state index contributed by atoms with van der Waals surface area (Å²) in [5.74, 6) is -0.622. The van der Waals surface area contributed by atoms with E-state index in [-0.39, 0.29) is 33.2 Å². The van der Waals surface area contributed by atoms with Gasteiger partial charge in [0, 0.05) is 28.1 Å². The molecule has 7 rings (SSSR count). The molecule has 3 aliphatic rings. The molecule has 1 aliphatic carbocycles. The largest absolute Gasteiger partial charge is 0.309 e. The molecule has 0 radical (unpaired) electrons. The average Bonchev–Trinajstić information content (AvgIpc) is 3.89. The van der Waals surface area contributed by atoms with Gasteiger partial charge in [0.15, 0.2) is 15.7 Å². The van der Waals surface area contributed by atoms with Crippen molar-refractivity contribution in [3.63, 3.8) is 0 Å². The molecule has 0 bridgehead atoms. The first-order chi connectivity index (χ1) is 22.6. The van der Waals surface area contributed by atoms with E-state index < -0.39 is 5.41 Å². The van der Waals surface area contributed by atoms with Gasteiger partial charge >= 0.3 is 0 Å². The number of fused-ring (bicyclic) bond motifs is 7. The summed E-state index contributed by atoms with van der Waals surface area (Å²) in [6.45, 7) is 15.8. The third-order valence-corrected chi connectivity index (χ3v) is 15.2. The van der Waals surface area contributed by atoms with E-state index in [9.17, 15) is 25.4 Å². The predicted octanol–water partition coefficient (Wildman–Crippen LogP) is 8.51. The molecule has 4 aromatic heterocycles. The minimum Gasteiger partial charge on any atom is -0.309 e. The van der Waals surface area contributed by atoms with Gasteiger partial charge in [-0.3, -0.25) is 14.5 Å². The van der Waals surface area contributed by atoms with E-state index in [1.165, 1.54) is 40.8 Å². The van der Waals surface area contributed by atoms with Gasteiger partial charge in [0.05, 0.1) is 41.8 Å². The summed E-state index contributed by atoms with van der Waals surface area (Å²) in [5.41, 5.74) is 1.22. The van der Waals surface area contributed by atoms with Crippen molar-refractivity contribution in [3.05, 3.63) is 54.9 Å². The number of carbonyl (C=O) groups excluding carboxylic acids is 2. The summed E-state index contributed by atoms with van der Waals surface area (Å²) in [7, 11) is 0. The number of nitrogens with zero attached hydrogens (tertiary/aromatic N) is 8. The Bertz CT molecular complexity index is 2440. The Morgan fingerprint density at radius 2 is 1.47 bits per heavy atom. The minimum absolute atomic E-state index is 0.102. The lowest BCUT2D eigenvalue weighted by Gasteiger charge is -2.21. The lowest BCUT2D eigenvalue weighted by atomic mass is 9.86. The first-order valence-electron chi connectivity index (χ1n) is 14.0. The Morgan fingerprint density at radius 3 is 2.11 bits per heavy atom. The number of hydrogen-bond donors (Lipinski definition) is 0. The van der Waals surface area contributed by atoms with Crippen LogP contribution in [0.4, 0.5) is 5.00 Å². The smallest absolute Gasteiger partial charge is 0.291 e. The zero-order valence-electron chi connectivity index (χ0n) is 24.9. The van der Waals surface area contributed by atoms with Crippen LogP contribution in [0.25, 0.3) is 39.1 Å². The van der Waals surface area contributed by atoms with Crippen molar-refractivity contribution in [1.29, 1.82) is 15.8 Å². The fourth-order valence-corrected chi connectivity index (χ4v) is 13.7. The Hall–Kier alpha value is -4.26. The maximum atomic E-state index is 13.2. The maximum absolute atomic E-state index is 13.2. The topological polar surface area (TPSA) is 141 Å². The van der Waals surface area contributed by atoms with Gasteiger partial charge in [-0.1, -0.05) is 25.6 Å². The van der Waals surface area contributed by atoms with E-state index in [1.807, 2.05) is 30.4 Å². The summed E-state index contributed by atoms with van der Waals surface area (Å²) in [4.78, 5) is 42.9. The Morgan fingerprint density at radius 1 is 0.851 bits per heavy atom. The highest BCUT2D eigenvalue weighted by Crippen LogP contribution is 2.57. The van der Waals surface area contributed by atoms with Crippen molar-refractivity contribution in [1.82, 2.24) is 9.80 Å². The molecule has 47 heavy (non-hydrogen) atoms. The van der Waals surface area contributed by atoms with Crippen molar-refractivity contribution in [2.45, 2.75) is 33.1 Å². The van der Waals surface area contributed by atoms with Gasteiger partial charge in [0.2, 0.25) is 0 Å². The summed E-state index contributed by atoms with van der Waals surface area (Å²) >= 11 is 8.79. The average molecular weight is 727 g/mol. The van der Waals surface area contributed by atoms with Gasteiger partial charge in [-0.25, -0.2) is 20.1 Å². The number of thiophene rings is 4. The van der Waals surface area contributed by atoms with E-state index in [4.69, 9.17) is 11.6 Å². The first kappa shape index (κ1) is 31.3. The number of hydrogen-bond acceptors (Lipinski definition) is 13. The molecule has 6 heterocycles. The van der Waals surface area contributed by atoms with Crippen LogP contribution in [0.3, 0.4) is 0 Å². The van der Waals surface area contributed by atoms with Gasteiger partial charge in [0.25, 0.3) is 17.5 Å². The highest BCUT2D eigenvalue weighted by molar-refractivity contribution is 8.20. The molecule has 0 aromatic carbocycles. The monoisotopic (exact) mass is 726 g/mol. The lowest BCUT2D eigenvalue weighted by molar-refractivity contribution is -0.121. The van der Waals surface area contributed by atoms with Crippen molar-refractivity contribution in [3.8, 4) is 18.2 Å². The van der Waals surface area contributed by atoms with Gasteiger partial charge < -0.3 is 4.90 Å². The number of amides is 2. The van der Waals surface area contributed by atoms with Crippen LogP contribution in [0, 0.1) is 40.6 Å². The van der Waals surface area contributed by atoms with Crippen molar-refractivity contribution in [2.24, 2.45) is 9.98 Å². The number of aliphatic imine (C=N–C) groups is 2. The van der Waals surface area contributed by atoms with Crippen LogP contribution in [-0.2, 0) is 15.0 Å².